The van der Waals surface area contributed by atoms with Crippen LogP contribution in [0, 0.1) is 0 Å². The van der Waals surface area contributed by atoms with Gasteiger partial charge in [0.1, 0.15) is 0 Å². The van der Waals surface area contributed by atoms with E-state index in [1.807, 2.05) is 0 Å². The number of rotatable bonds is 0. The first-order chi connectivity index (χ1) is 5.00. The van der Waals surface area contributed by atoms with Gasteiger partial charge in [0.15, 0.2) is 0 Å². The van der Waals surface area contributed by atoms with Crippen molar-refractivity contribution in [2.24, 2.45) is 0 Å². The summed E-state index contributed by atoms with van der Waals surface area (Å²) in [6, 6.07) is 0. The predicted molar refractivity (Wildman–Crippen MR) is 35.1 cm³/mol. The van der Waals surface area contributed by atoms with Gasteiger partial charge < -0.3 is 19.9 Å². The van der Waals surface area contributed by atoms with Gasteiger partial charge in [-0.25, -0.2) is 0 Å². The second kappa shape index (κ2) is 7.05. The van der Waals surface area contributed by atoms with E-state index in [9.17, 15) is 0 Å². The van der Waals surface area contributed by atoms with E-state index in [4.69, 9.17) is 0 Å². The summed E-state index contributed by atoms with van der Waals surface area (Å²) < 4.78 is 0. The Hall–Kier alpha value is -1.06. The van der Waals surface area contributed by atoms with E-state index < -0.39 is 0 Å². The summed E-state index contributed by atoms with van der Waals surface area (Å²) in [5.74, 6) is 0. The molecule has 0 aliphatic rings. The van der Waals surface area contributed by atoms with Crippen molar-refractivity contribution < 1.29 is 17.1 Å². The van der Waals surface area contributed by atoms with Crippen LogP contribution in [0.4, 0.5) is 0 Å². The van der Waals surface area contributed by atoms with Crippen LogP contribution >= 0.6 is 0 Å². The van der Waals surface area contributed by atoms with Crippen molar-refractivity contribution >= 4 is 0 Å². The van der Waals surface area contributed by atoms with Crippen molar-refractivity contribution in [2.75, 3.05) is 0 Å². The van der Waals surface area contributed by atoms with Crippen LogP contribution in [0.2, 0.25) is 0 Å². The summed E-state index contributed by atoms with van der Waals surface area (Å²) in [5.41, 5.74) is 0. The molecule has 0 N–H and O–H groups in total. The standard InChI is InChI=1S/2C3H3N2.Fe/c2*1-2-5-3-4-1;/h2*1-3H;/q2*-1;+2. The smallest absolute Gasteiger partial charge is 0.450 e. The molecule has 2 heterocycles. The number of nitrogens with zero attached hydrogens (tertiary/aromatic N) is 4. The molecule has 2 aromatic heterocycles. The molecule has 0 atom stereocenters. The van der Waals surface area contributed by atoms with Crippen LogP contribution in [0.25, 0.3) is 0 Å². The first kappa shape index (κ1) is 9.94. The molecule has 0 fully saturated rings. The fourth-order valence-electron chi connectivity index (χ4n) is 0.385. The van der Waals surface area contributed by atoms with Gasteiger partial charge in [0.25, 0.3) is 0 Å². The van der Waals surface area contributed by atoms with Crippen LogP contribution < -0.4 is 9.97 Å². The average Bonchev–Trinajstić information content (AvgIpc) is 2.67. The molecule has 0 aliphatic heterocycles. The topological polar surface area (TPSA) is 54.0 Å². The third-order valence-electron chi connectivity index (χ3n) is 0.744. The maximum Gasteiger partial charge on any atom is 2.00 e. The van der Waals surface area contributed by atoms with Crippen LogP contribution in [0.5, 0.6) is 0 Å². The van der Waals surface area contributed by atoms with Gasteiger partial charge in [0.2, 0.25) is 0 Å². The molecular formula is C6H6FeN4. The molecule has 5 heteroatoms. The van der Waals surface area contributed by atoms with Gasteiger partial charge in [0.05, 0.1) is 0 Å². The summed E-state index contributed by atoms with van der Waals surface area (Å²) in [5, 5.41) is 0. The SMILES string of the molecule is [Fe+2].c1c[n-]cn1.c1c[n-]cn1. The average molecular weight is 190 g/mol. The van der Waals surface area contributed by atoms with Crippen molar-refractivity contribution in [3.8, 4) is 0 Å². The largest absolute Gasteiger partial charge is 2.00 e. The molecule has 11 heavy (non-hydrogen) atoms. The summed E-state index contributed by atoms with van der Waals surface area (Å²) >= 11 is 0. The molecule has 0 amide bonds. The first-order valence-corrected chi connectivity index (χ1v) is 2.73. The molecule has 0 radical (unpaired) electrons. The third-order valence-corrected chi connectivity index (χ3v) is 0.744. The molecule has 2 rings (SSSR count). The Balaban J connectivity index is 0.000000167. The number of hydrogen-bond donors (Lipinski definition) is 0. The van der Waals surface area contributed by atoms with Gasteiger partial charge in [0, 0.05) is 0 Å². The van der Waals surface area contributed by atoms with E-state index in [0.29, 0.717) is 0 Å². The first-order valence-electron chi connectivity index (χ1n) is 2.73. The van der Waals surface area contributed by atoms with Crippen LogP contribution in [-0.2, 0) is 17.1 Å². The zero-order valence-corrected chi connectivity index (χ0v) is 6.71. The van der Waals surface area contributed by atoms with Crippen molar-refractivity contribution in [1.82, 2.24) is 19.9 Å². The minimum absolute atomic E-state index is 0. The predicted octanol–water partition coefficient (Wildman–Crippen LogP) is 0.0751. The summed E-state index contributed by atoms with van der Waals surface area (Å²) in [6.45, 7) is 0. The van der Waals surface area contributed by atoms with Crippen LogP contribution in [0.15, 0.2) is 37.4 Å². The summed E-state index contributed by atoms with van der Waals surface area (Å²) in [6.07, 6.45) is 9.56. The fourth-order valence-corrected chi connectivity index (χ4v) is 0.385. The normalized spacial score (nSPS) is 7.27. The molecule has 0 spiro atoms. The maximum absolute atomic E-state index is 3.61. The van der Waals surface area contributed by atoms with E-state index in [-0.39, 0.29) is 17.1 Å². The minimum atomic E-state index is 0. The van der Waals surface area contributed by atoms with Gasteiger partial charge in [-0.1, -0.05) is 37.4 Å². The molecule has 2 aromatic rings. The summed E-state index contributed by atoms with van der Waals surface area (Å²) in [7, 11) is 0. The molecule has 0 unspecified atom stereocenters. The van der Waals surface area contributed by atoms with Gasteiger partial charge >= 0.3 is 17.1 Å². The van der Waals surface area contributed by atoms with Crippen molar-refractivity contribution in [2.45, 2.75) is 0 Å². The molecule has 58 valence electrons. The van der Waals surface area contributed by atoms with E-state index in [0.717, 1.165) is 0 Å². The molecule has 0 saturated heterocycles. The molecular weight excluding hydrogens is 184 g/mol. The Labute approximate surface area is 74.9 Å². The Morgan fingerprint density at radius 1 is 0.818 bits per heavy atom. The number of aromatic nitrogens is 4. The Bertz CT molecular complexity index is 154. The van der Waals surface area contributed by atoms with Crippen LogP contribution in [0.3, 0.4) is 0 Å². The second-order valence-electron chi connectivity index (χ2n) is 1.42. The van der Waals surface area contributed by atoms with Crippen molar-refractivity contribution in [3.05, 3.63) is 37.4 Å². The molecule has 0 aromatic carbocycles. The van der Waals surface area contributed by atoms with Crippen molar-refractivity contribution in [3.63, 3.8) is 0 Å². The number of imidazole rings is 2. The summed E-state index contributed by atoms with van der Waals surface area (Å²) in [4.78, 5) is 14.4. The van der Waals surface area contributed by atoms with Crippen molar-refractivity contribution in [1.29, 1.82) is 0 Å². The quantitative estimate of drug-likeness (QED) is 0.551. The third kappa shape index (κ3) is 5.39. The minimum Gasteiger partial charge on any atom is -0.450 e. The van der Waals surface area contributed by atoms with E-state index in [1.54, 1.807) is 24.8 Å². The zero-order valence-electron chi connectivity index (χ0n) is 5.61. The van der Waals surface area contributed by atoms with Crippen LogP contribution in [-0.4, -0.2) is 9.97 Å². The Kier molecular flexibility index (Phi) is 6.37. The molecule has 4 nitrogen and oxygen atoms in total. The Morgan fingerprint density at radius 3 is 1.36 bits per heavy atom. The van der Waals surface area contributed by atoms with E-state index >= 15 is 0 Å². The fraction of sp³-hybridized carbons (Fsp3) is 0. The van der Waals surface area contributed by atoms with Gasteiger partial charge in [-0.15, -0.1) is 0 Å². The number of hydrogen-bond acceptors (Lipinski definition) is 2. The van der Waals surface area contributed by atoms with Gasteiger partial charge in [-0.3, -0.25) is 0 Å². The second-order valence-corrected chi connectivity index (χ2v) is 1.42. The van der Waals surface area contributed by atoms with E-state index in [1.165, 1.54) is 12.7 Å². The molecule has 0 aliphatic carbocycles. The molecule has 0 bridgehead atoms. The molecule has 0 saturated carbocycles. The Morgan fingerprint density at radius 2 is 1.27 bits per heavy atom. The monoisotopic (exact) mass is 190 g/mol. The van der Waals surface area contributed by atoms with E-state index in [2.05, 4.69) is 19.9 Å². The maximum atomic E-state index is 3.61. The van der Waals surface area contributed by atoms with Crippen LogP contribution in [0.1, 0.15) is 0 Å². The van der Waals surface area contributed by atoms with Gasteiger partial charge in [-0.05, 0) is 0 Å². The zero-order chi connectivity index (χ0) is 7.07. The van der Waals surface area contributed by atoms with Gasteiger partial charge in [-0.2, -0.15) is 0 Å².